The summed E-state index contributed by atoms with van der Waals surface area (Å²) in [6, 6.07) is 0. The molecule has 0 aliphatic rings. The number of unbranched alkanes of at least 4 members (excludes halogenated alkanes) is 24. The van der Waals surface area contributed by atoms with Crippen LogP contribution in [0.2, 0.25) is 0 Å². The first-order valence-corrected chi connectivity index (χ1v) is 22.1. The van der Waals surface area contributed by atoms with Crippen molar-refractivity contribution in [2.75, 3.05) is 24.6 Å². The predicted octanol–water partition coefficient (Wildman–Crippen LogP) is 14.7. The molecule has 0 saturated carbocycles. The van der Waals surface area contributed by atoms with Gasteiger partial charge in [0.15, 0.2) is 0 Å². The Bertz CT molecular complexity index is 419. The summed E-state index contributed by atoms with van der Waals surface area (Å²) < 4.78 is 0. The summed E-state index contributed by atoms with van der Waals surface area (Å²) >= 11 is 8.16. The molecule has 0 aliphatic heterocycles. The van der Waals surface area contributed by atoms with Crippen molar-refractivity contribution in [1.82, 2.24) is 0 Å². The average molecular weight is 575 g/mol. The average Bonchev–Trinajstić information content (AvgIpc) is 2.92. The van der Waals surface area contributed by atoms with Crippen molar-refractivity contribution >= 4 is 17.2 Å². The number of halogens is 1. The van der Waals surface area contributed by atoms with E-state index in [2.05, 4.69) is 27.7 Å². The van der Waals surface area contributed by atoms with Crippen molar-refractivity contribution in [2.24, 2.45) is 0 Å². The van der Waals surface area contributed by atoms with E-state index in [1.165, 1.54) is 204 Å². The van der Waals surface area contributed by atoms with Crippen molar-refractivity contribution in [3.63, 3.8) is 0 Å². The zero-order valence-corrected chi connectivity index (χ0v) is 29.1. The SMILES string of the molecule is CCCCCCCCCCCCP(Cl)(CCCCCCCC)(CCCCCCCC)CCCCCCCC. The number of hydrogen-bond acceptors (Lipinski definition) is 0. The molecule has 0 heterocycles. The molecule has 232 valence electrons. The zero-order valence-electron chi connectivity index (χ0n) is 27.5. The fraction of sp³-hybridized carbons (Fsp3) is 1.00. The molecular weight excluding hydrogens is 499 g/mol. The summed E-state index contributed by atoms with van der Waals surface area (Å²) in [4.78, 5) is 0. The van der Waals surface area contributed by atoms with Gasteiger partial charge >= 0.3 is 249 Å². The minimum atomic E-state index is -2.12. The number of rotatable bonds is 32. The molecule has 0 aromatic rings. The van der Waals surface area contributed by atoms with E-state index in [-0.39, 0.29) is 0 Å². The molecule has 0 nitrogen and oxygen atoms in total. The molecule has 0 spiro atoms. The van der Waals surface area contributed by atoms with Gasteiger partial charge in [-0.3, -0.25) is 0 Å². The fourth-order valence-corrected chi connectivity index (χ4v) is 13.4. The van der Waals surface area contributed by atoms with Crippen LogP contribution in [0.1, 0.15) is 207 Å². The Labute approximate surface area is 248 Å². The van der Waals surface area contributed by atoms with E-state index in [1.54, 1.807) is 0 Å². The maximum absolute atomic E-state index is 8.16. The van der Waals surface area contributed by atoms with E-state index in [4.69, 9.17) is 11.2 Å². The normalized spacial score (nSPS) is 13.1. The van der Waals surface area contributed by atoms with Gasteiger partial charge in [0.2, 0.25) is 0 Å². The van der Waals surface area contributed by atoms with Crippen molar-refractivity contribution in [3.05, 3.63) is 0 Å². The van der Waals surface area contributed by atoms with Gasteiger partial charge in [0.05, 0.1) is 0 Å². The van der Waals surface area contributed by atoms with Crippen LogP contribution in [-0.4, -0.2) is 24.6 Å². The van der Waals surface area contributed by atoms with Crippen LogP contribution in [-0.2, 0) is 0 Å². The maximum atomic E-state index is 8.16. The molecule has 38 heavy (non-hydrogen) atoms. The monoisotopic (exact) mass is 575 g/mol. The molecule has 0 unspecified atom stereocenters. The third kappa shape index (κ3) is 23.4. The summed E-state index contributed by atoms with van der Waals surface area (Å²) in [5.41, 5.74) is 0. The molecule has 0 fully saturated rings. The molecule has 0 radical (unpaired) electrons. The molecule has 0 bridgehead atoms. The van der Waals surface area contributed by atoms with Gasteiger partial charge in [0, 0.05) is 0 Å². The van der Waals surface area contributed by atoms with Gasteiger partial charge < -0.3 is 0 Å². The second kappa shape index (κ2) is 27.9. The van der Waals surface area contributed by atoms with Gasteiger partial charge in [-0.25, -0.2) is 0 Å². The molecule has 0 aromatic heterocycles. The van der Waals surface area contributed by atoms with Crippen molar-refractivity contribution in [1.29, 1.82) is 0 Å². The Kier molecular flexibility index (Phi) is 28.4. The predicted molar refractivity (Wildman–Crippen MR) is 184 cm³/mol. The molecule has 0 aromatic carbocycles. The van der Waals surface area contributed by atoms with Crippen LogP contribution in [0.4, 0.5) is 0 Å². The van der Waals surface area contributed by atoms with E-state index in [0.717, 1.165) is 0 Å². The van der Waals surface area contributed by atoms with E-state index in [1.807, 2.05) is 0 Å². The molecule has 0 amide bonds. The van der Waals surface area contributed by atoms with Crippen LogP contribution >= 0.6 is 17.2 Å². The number of hydrogen-bond donors (Lipinski definition) is 0. The summed E-state index contributed by atoms with van der Waals surface area (Å²) in [5.74, 6) is -2.12. The van der Waals surface area contributed by atoms with Crippen molar-refractivity contribution < 1.29 is 0 Å². The molecular formula is C36H76ClP. The Morgan fingerprint density at radius 2 is 0.421 bits per heavy atom. The summed E-state index contributed by atoms with van der Waals surface area (Å²) in [7, 11) is 0. The third-order valence-corrected chi connectivity index (χ3v) is 17.0. The Hall–Kier alpha value is 0.720. The fourth-order valence-electron chi connectivity index (χ4n) is 6.53. The van der Waals surface area contributed by atoms with Crippen molar-refractivity contribution in [3.8, 4) is 0 Å². The molecule has 2 heteroatoms. The second-order valence-electron chi connectivity index (χ2n) is 13.2. The van der Waals surface area contributed by atoms with E-state index in [0.29, 0.717) is 0 Å². The van der Waals surface area contributed by atoms with Crippen LogP contribution in [0.5, 0.6) is 0 Å². The van der Waals surface area contributed by atoms with E-state index in [9.17, 15) is 0 Å². The Morgan fingerprint density at radius 1 is 0.263 bits per heavy atom. The summed E-state index contributed by atoms with van der Waals surface area (Å²) in [6.45, 7) is 9.31. The quantitative estimate of drug-likeness (QED) is 0.0553. The molecule has 0 saturated heterocycles. The zero-order chi connectivity index (χ0) is 28.1. The van der Waals surface area contributed by atoms with Gasteiger partial charge in [0.25, 0.3) is 0 Å². The first kappa shape index (κ1) is 38.7. The topological polar surface area (TPSA) is 0 Å². The van der Waals surface area contributed by atoms with Crippen LogP contribution in [0.3, 0.4) is 0 Å². The third-order valence-electron chi connectivity index (χ3n) is 9.28. The van der Waals surface area contributed by atoms with Crippen LogP contribution < -0.4 is 0 Å². The van der Waals surface area contributed by atoms with Crippen LogP contribution in [0, 0.1) is 0 Å². The van der Waals surface area contributed by atoms with Gasteiger partial charge in [-0.2, -0.15) is 0 Å². The second-order valence-corrected chi connectivity index (χ2v) is 21.5. The standard InChI is InChI=1S/C36H76ClP/c1-5-9-13-17-21-22-23-24-28-32-36-38(37,33-29-25-18-14-10-6-2,34-30-26-19-15-11-7-3)35-31-27-20-16-12-8-4/h5-36H2,1-4H3. The first-order chi connectivity index (χ1) is 18.5. The Balaban J connectivity index is 4.92. The van der Waals surface area contributed by atoms with Crippen LogP contribution in [0.25, 0.3) is 0 Å². The summed E-state index contributed by atoms with van der Waals surface area (Å²) in [6.07, 6.45) is 45.4. The van der Waals surface area contributed by atoms with Gasteiger partial charge in [0.1, 0.15) is 0 Å². The van der Waals surface area contributed by atoms with Crippen LogP contribution in [0.15, 0.2) is 0 Å². The molecule has 0 aliphatic carbocycles. The van der Waals surface area contributed by atoms with E-state index < -0.39 is 5.96 Å². The molecule has 0 atom stereocenters. The Morgan fingerprint density at radius 3 is 0.605 bits per heavy atom. The van der Waals surface area contributed by atoms with Gasteiger partial charge in [-0.15, -0.1) is 0 Å². The van der Waals surface area contributed by atoms with Gasteiger partial charge in [-0.05, 0) is 0 Å². The summed E-state index contributed by atoms with van der Waals surface area (Å²) in [5, 5.41) is 0. The molecule has 0 rings (SSSR count). The first-order valence-electron chi connectivity index (χ1n) is 18.3. The van der Waals surface area contributed by atoms with Crippen molar-refractivity contribution in [2.45, 2.75) is 207 Å². The minimum absolute atomic E-state index is 1.35. The van der Waals surface area contributed by atoms with Gasteiger partial charge in [-0.1, -0.05) is 0 Å². The van der Waals surface area contributed by atoms with E-state index >= 15 is 0 Å². The molecule has 0 N–H and O–H groups in total.